The lowest BCUT2D eigenvalue weighted by molar-refractivity contribution is 0.601. The summed E-state index contributed by atoms with van der Waals surface area (Å²) in [7, 11) is -1.78. The summed E-state index contributed by atoms with van der Waals surface area (Å²) < 4.78 is 27.8. The molecule has 0 amide bonds. The van der Waals surface area contributed by atoms with E-state index in [1.165, 1.54) is 0 Å². The number of hydrogen-bond acceptors (Lipinski definition) is 3. The van der Waals surface area contributed by atoms with Crippen LogP contribution in [-0.2, 0) is 16.6 Å². The van der Waals surface area contributed by atoms with Crippen LogP contribution in [0.15, 0.2) is 51.8 Å². The summed E-state index contributed by atoms with van der Waals surface area (Å²) in [4.78, 5) is 0.210. The number of halogens is 2. The molecule has 0 aromatic heterocycles. The van der Waals surface area contributed by atoms with Crippen molar-refractivity contribution < 1.29 is 8.42 Å². The fourth-order valence-corrected chi connectivity index (χ4v) is 3.24. The van der Waals surface area contributed by atoms with E-state index in [0.717, 1.165) is 5.56 Å². The number of anilines is 1. The van der Waals surface area contributed by atoms with Crippen LogP contribution >= 0.6 is 27.5 Å². The second-order valence-electron chi connectivity index (χ2n) is 4.41. The van der Waals surface area contributed by atoms with Gasteiger partial charge in [0.25, 0.3) is 10.0 Å². The van der Waals surface area contributed by atoms with Crippen molar-refractivity contribution in [2.45, 2.75) is 11.4 Å². The highest BCUT2D eigenvalue weighted by Crippen LogP contribution is 2.26. The van der Waals surface area contributed by atoms with Crippen LogP contribution in [0.3, 0.4) is 0 Å². The van der Waals surface area contributed by atoms with Gasteiger partial charge in [-0.05, 0) is 58.9 Å². The lowest BCUT2D eigenvalue weighted by atomic mass is 10.2. The quantitative estimate of drug-likeness (QED) is 0.821. The van der Waals surface area contributed by atoms with Crippen LogP contribution in [0.2, 0.25) is 5.02 Å². The largest absolute Gasteiger partial charge is 0.316 e. The maximum Gasteiger partial charge on any atom is 0.261 e. The molecule has 0 atom stereocenters. The third-order valence-corrected chi connectivity index (χ3v) is 5.42. The molecule has 0 heterocycles. The van der Waals surface area contributed by atoms with Gasteiger partial charge in [-0.2, -0.15) is 0 Å². The van der Waals surface area contributed by atoms with Crippen molar-refractivity contribution in [3.63, 3.8) is 0 Å². The Hall–Kier alpha value is -1.08. The summed E-state index contributed by atoms with van der Waals surface area (Å²) in [5.74, 6) is 0. The van der Waals surface area contributed by atoms with Gasteiger partial charge in [0.05, 0.1) is 15.6 Å². The Morgan fingerprint density at radius 3 is 2.38 bits per heavy atom. The first-order valence-electron chi connectivity index (χ1n) is 6.14. The van der Waals surface area contributed by atoms with Crippen molar-refractivity contribution in [1.82, 2.24) is 5.32 Å². The normalized spacial score (nSPS) is 11.4. The lowest BCUT2D eigenvalue weighted by Crippen LogP contribution is -2.13. The number of sulfonamides is 1. The standard InChI is InChI=1S/C14H14BrClN2O2S/c1-17-9-10-2-5-12(6-3-10)21(19,20)18-11-4-7-13(15)14(16)8-11/h2-8,17-18H,9H2,1H3. The predicted molar refractivity (Wildman–Crippen MR) is 89.2 cm³/mol. The Morgan fingerprint density at radius 1 is 1.14 bits per heavy atom. The second-order valence-corrected chi connectivity index (χ2v) is 7.35. The molecule has 0 saturated heterocycles. The van der Waals surface area contributed by atoms with Crippen LogP contribution in [0, 0.1) is 0 Å². The number of rotatable bonds is 5. The molecular weight excluding hydrogens is 376 g/mol. The van der Waals surface area contributed by atoms with E-state index < -0.39 is 10.0 Å². The molecule has 2 aromatic carbocycles. The Morgan fingerprint density at radius 2 is 1.81 bits per heavy atom. The topological polar surface area (TPSA) is 58.2 Å². The second kappa shape index (κ2) is 6.79. The third-order valence-electron chi connectivity index (χ3n) is 2.79. The Labute approximate surface area is 137 Å². The zero-order chi connectivity index (χ0) is 15.5. The molecule has 0 fully saturated rings. The molecule has 0 aliphatic heterocycles. The first kappa shape index (κ1) is 16.3. The summed E-state index contributed by atoms with van der Waals surface area (Å²) in [6.45, 7) is 0.691. The molecule has 0 saturated carbocycles. The highest BCUT2D eigenvalue weighted by Gasteiger charge is 2.14. The molecule has 0 aliphatic carbocycles. The molecule has 2 N–H and O–H groups in total. The van der Waals surface area contributed by atoms with Crippen LogP contribution in [0.25, 0.3) is 0 Å². The molecular formula is C14H14BrClN2O2S. The molecule has 2 rings (SSSR count). The SMILES string of the molecule is CNCc1ccc(S(=O)(=O)Nc2ccc(Br)c(Cl)c2)cc1. The first-order chi connectivity index (χ1) is 9.92. The van der Waals surface area contributed by atoms with E-state index in [-0.39, 0.29) is 4.90 Å². The van der Waals surface area contributed by atoms with E-state index >= 15 is 0 Å². The summed E-state index contributed by atoms with van der Waals surface area (Å²) in [5, 5.41) is 3.45. The highest BCUT2D eigenvalue weighted by molar-refractivity contribution is 9.10. The number of nitrogens with one attached hydrogen (secondary N) is 2. The van der Waals surface area contributed by atoms with Gasteiger partial charge in [0.1, 0.15) is 0 Å². The zero-order valence-corrected chi connectivity index (χ0v) is 14.4. The van der Waals surface area contributed by atoms with E-state index in [4.69, 9.17) is 11.6 Å². The average molecular weight is 390 g/mol. The minimum atomic E-state index is -3.62. The minimum absolute atomic E-state index is 0.210. The molecule has 7 heteroatoms. The van der Waals surface area contributed by atoms with Gasteiger partial charge in [-0.3, -0.25) is 4.72 Å². The summed E-state index contributed by atoms with van der Waals surface area (Å²) in [6.07, 6.45) is 0. The van der Waals surface area contributed by atoms with Gasteiger partial charge in [0.15, 0.2) is 0 Å². The van der Waals surface area contributed by atoms with Crippen molar-refractivity contribution >= 4 is 43.2 Å². The zero-order valence-electron chi connectivity index (χ0n) is 11.2. The minimum Gasteiger partial charge on any atom is -0.316 e. The molecule has 0 radical (unpaired) electrons. The fraction of sp³-hybridized carbons (Fsp3) is 0.143. The van der Waals surface area contributed by atoms with Gasteiger partial charge < -0.3 is 5.32 Å². The van der Waals surface area contributed by atoms with Crippen LogP contribution in [0.5, 0.6) is 0 Å². The Balaban J connectivity index is 2.23. The summed E-state index contributed by atoms with van der Waals surface area (Å²) in [5.41, 5.74) is 1.44. The highest BCUT2D eigenvalue weighted by atomic mass is 79.9. The van der Waals surface area contributed by atoms with E-state index in [1.54, 1.807) is 42.5 Å². The monoisotopic (exact) mass is 388 g/mol. The molecule has 0 unspecified atom stereocenters. The van der Waals surface area contributed by atoms with Crippen LogP contribution in [0.4, 0.5) is 5.69 Å². The van der Waals surface area contributed by atoms with Crippen molar-refractivity contribution in [3.05, 3.63) is 57.5 Å². The summed E-state index contributed by atoms with van der Waals surface area (Å²) in [6, 6.07) is 11.6. The van der Waals surface area contributed by atoms with Gasteiger partial charge >= 0.3 is 0 Å². The van der Waals surface area contributed by atoms with E-state index in [9.17, 15) is 8.42 Å². The van der Waals surface area contributed by atoms with Crippen LogP contribution < -0.4 is 10.0 Å². The van der Waals surface area contributed by atoms with Gasteiger partial charge in [0.2, 0.25) is 0 Å². The van der Waals surface area contributed by atoms with Crippen LogP contribution in [0.1, 0.15) is 5.56 Å². The predicted octanol–water partition coefficient (Wildman–Crippen LogP) is 3.62. The fourth-order valence-electron chi connectivity index (χ4n) is 1.76. The maximum atomic E-state index is 12.3. The Bertz CT molecular complexity index is 733. The van der Waals surface area contributed by atoms with Gasteiger partial charge in [-0.15, -0.1) is 0 Å². The maximum absolute atomic E-state index is 12.3. The smallest absolute Gasteiger partial charge is 0.261 e. The number of hydrogen-bond donors (Lipinski definition) is 2. The average Bonchev–Trinajstić information content (AvgIpc) is 2.44. The summed E-state index contributed by atoms with van der Waals surface area (Å²) >= 11 is 9.22. The van der Waals surface area contributed by atoms with Crippen molar-refractivity contribution in [2.24, 2.45) is 0 Å². The molecule has 0 aliphatic rings. The van der Waals surface area contributed by atoms with E-state index in [0.29, 0.717) is 21.7 Å². The first-order valence-corrected chi connectivity index (χ1v) is 8.79. The molecule has 4 nitrogen and oxygen atoms in total. The van der Waals surface area contributed by atoms with Gasteiger partial charge in [-0.1, -0.05) is 23.7 Å². The van der Waals surface area contributed by atoms with Crippen molar-refractivity contribution in [3.8, 4) is 0 Å². The van der Waals surface area contributed by atoms with Crippen molar-refractivity contribution in [1.29, 1.82) is 0 Å². The molecule has 112 valence electrons. The Kier molecular flexibility index (Phi) is 5.27. The molecule has 0 bridgehead atoms. The molecule has 0 spiro atoms. The lowest BCUT2D eigenvalue weighted by Gasteiger charge is -2.09. The van der Waals surface area contributed by atoms with E-state index in [1.807, 2.05) is 7.05 Å². The third kappa shape index (κ3) is 4.20. The number of benzene rings is 2. The van der Waals surface area contributed by atoms with Crippen molar-refractivity contribution in [2.75, 3.05) is 11.8 Å². The van der Waals surface area contributed by atoms with Gasteiger partial charge in [0, 0.05) is 11.0 Å². The van der Waals surface area contributed by atoms with Crippen LogP contribution in [-0.4, -0.2) is 15.5 Å². The van der Waals surface area contributed by atoms with E-state index in [2.05, 4.69) is 26.0 Å². The molecule has 21 heavy (non-hydrogen) atoms. The van der Waals surface area contributed by atoms with Gasteiger partial charge in [-0.25, -0.2) is 8.42 Å². The molecule has 2 aromatic rings.